The van der Waals surface area contributed by atoms with Gasteiger partial charge in [-0.1, -0.05) is 42.8 Å². The van der Waals surface area contributed by atoms with Crippen LogP contribution in [0, 0.1) is 11.8 Å². The standard InChI is InChI=1S/C20H23N3S/c24-20(21-19-14-15-11-12-16(19)13-15)22-23(17-7-3-1-4-8-17)18-9-5-2-6-10-18/h1-10,15-16,19H,11-14H2,(H2,21,22,24)/t15-,16-,19-/m1/s1. The van der Waals surface area contributed by atoms with Gasteiger partial charge in [0, 0.05) is 6.04 Å². The predicted molar refractivity (Wildman–Crippen MR) is 103 cm³/mol. The minimum absolute atomic E-state index is 0.539. The largest absolute Gasteiger partial charge is 0.358 e. The number of hydrogen-bond donors (Lipinski definition) is 2. The Kier molecular flexibility index (Phi) is 4.39. The van der Waals surface area contributed by atoms with Crippen molar-refractivity contribution >= 4 is 28.7 Å². The fourth-order valence-electron chi connectivity index (χ4n) is 4.16. The lowest BCUT2D eigenvalue weighted by Crippen LogP contribution is -2.49. The highest BCUT2D eigenvalue weighted by molar-refractivity contribution is 7.80. The number of hydrogen-bond acceptors (Lipinski definition) is 2. The van der Waals surface area contributed by atoms with E-state index in [1.54, 1.807) is 0 Å². The van der Waals surface area contributed by atoms with Crippen LogP contribution in [0.4, 0.5) is 11.4 Å². The summed E-state index contributed by atoms with van der Waals surface area (Å²) in [6.45, 7) is 0. The van der Waals surface area contributed by atoms with Gasteiger partial charge in [0.1, 0.15) is 0 Å². The van der Waals surface area contributed by atoms with Gasteiger partial charge in [0.05, 0.1) is 11.4 Å². The van der Waals surface area contributed by atoms with Gasteiger partial charge in [0.2, 0.25) is 0 Å². The molecule has 2 aromatic carbocycles. The molecule has 3 atom stereocenters. The van der Waals surface area contributed by atoms with Crippen molar-refractivity contribution in [3.63, 3.8) is 0 Å². The molecule has 2 N–H and O–H groups in total. The molecule has 0 amide bonds. The van der Waals surface area contributed by atoms with Crippen LogP contribution < -0.4 is 15.8 Å². The highest BCUT2D eigenvalue weighted by Gasteiger charge is 2.39. The van der Waals surface area contributed by atoms with Gasteiger partial charge in [-0.3, -0.25) is 10.4 Å². The van der Waals surface area contributed by atoms with E-state index in [1.165, 1.54) is 25.7 Å². The van der Waals surface area contributed by atoms with Crippen molar-refractivity contribution in [3.8, 4) is 0 Å². The van der Waals surface area contributed by atoms with E-state index in [0.717, 1.165) is 23.2 Å². The van der Waals surface area contributed by atoms with Crippen molar-refractivity contribution in [1.82, 2.24) is 10.7 Å². The highest BCUT2D eigenvalue weighted by atomic mass is 32.1. The van der Waals surface area contributed by atoms with Crippen LogP contribution >= 0.6 is 12.2 Å². The van der Waals surface area contributed by atoms with Crippen LogP contribution in [-0.2, 0) is 0 Å². The Balaban J connectivity index is 1.48. The number of nitrogens with one attached hydrogen (secondary N) is 2. The summed E-state index contributed by atoms with van der Waals surface area (Å²) in [7, 11) is 0. The molecule has 0 spiro atoms. The van der Waals surface area contributed by atoms with Crippen molar-refractivity contribution in [2.45, 2.75) is 31.7 Å². The lowest BCUT2D eigenvalue weighted by atomic mass is 9.96. The Morgan fingerprint density at radius 2 is 1.50 bits per heavy atom. The Morgan fingerprint density at radius 1 is 0.875 bits per heavy atom. The van der Waals surface area contributed by atoms with E-state index in [1.807, 2.05) is 41.4 Å². The van der Waals surface area contributed by atoms with E-state index in [2.05, 4.69) is 35.0 Å². The predicted octanol–water partition coefficient (Wildman–Crippen LogP) is 4.39. The number of nitrogens with zero attached hydrogens (tertiary/aromatic N) is 1. The van der Waals surface area contributed by atoms with Gasteiger partial charge in [-0.2, -0.15) is 0 Å². The number of rotatable bonds is 4. The molecular weight excluding hydrogens is 314 g/mol. The normalized spacial score (nSPS) is 24.6. The first-order chi connectivity index (χ1) is 11.8. The second-order valence-corrected chi connectivity index (χ2v) is 7.28. The topological polar surface area (TPSA) is 27.3 Å². The molecule has 124 valence electrons. The second-order valence-electron chi connectivity index (χ2n) is 6.87. The first kappa shape index (κ1) is 15.5. The minimum Gasteiger partial charge on any atom is -0.358 e. The molecule has 0 heterocycles. The first-order valence-electron chi connectivity index (χ1n) is 8.77. The minimum atomic E-state index is 0.539. The fraction of sp³-hybridized carbons (Fsp3) is 0.350. The summed E-state index contributed by atoms with van der Waals surface area (Å²) >= 11 is 5.62. The Hall–Kier alpha value is -2.07. The van der Waals surface area contributed by atoms with Gasteiger partial charge in [-0.25, -0.2) is 0 Å². The van der Waals surface area contributed by atoms with Gasteiger partial charge < -0.3 is 5.32 Å². The lowest BCUT2D eigenvalue weighted by molar-refractivity contribution is 0.389. The molecule has 0 radical (unpaired) electrons. The molecule has 2 bridgehead atoms. The van der Waals surface area contributed by atoms with Crippen molar-refractivity contribution in [2.24, 2.45) is 11.8 Å². The molecule has 2 saturated carbocycles. The molecule has 3 nitrogen and oxygen atoms in total. The molecule has 0 aliphatic heterocycles. The van der Waals surface area contributed by atoms with E-state index in [4.69, 9.17) is 12.2 Å². The monoisotopic (exact) mass is 337 g/mol. The molecule has 4 rings (SSSR count). The zero-order chi connectivity index (χ0) is 16.4. The maximum absolute atomic E-state index is 5.62. The number of thiocarbonyl (C=S) groups is 1. The Bertz CT molecular complexity index is 649. The summed E-state index contributed by atoms with van der Waals surface area (Å²) in [6.07, 6.45) is 5.40. The quantitative estimate of drug-likeness (QED) is 0.639. The summed E-state index contributed by atoms with van der Waals surface area (Å²) < 4.78 is 0. The summed E-state index contributed by atoms with van der Waals surface area (Å²) in [5, 5.41) is 6.31. The van der Waals surface area contributed by atoms with Crippen molar-refractivity contribution in [3.05, 3.63) is 60.7 Å². The van der Waals surface area contributed by atoms with Crippen LogP contribution in [0.25, 0.3) is 0 Å². The third kappa shape index (κ3) is 3.24. The van der Waals surface area contributed by atoms with E-state index in [0.29, 0.717) is 11.2 Å². The molecule has 0 unspecified atom stereocenters. The SMILES string of the molecule is S=C(N[C@@H]1C[C@@H]2CC[C@@H]1C2)NN(c1ccccc1)c1ccccc1. The number of para-hydroxylation sites is 2. The van der Waals surface area contributed by atoms with Crippen molar-refractivity contribution in [2.75, 3.05) is 5.01 Å². The second kappa shape index (κ2) is 6.81. The van der Waals surface area contributed by atoms with Gasteiger partial charge in [0.25, 0.3) is 0 Å². The molecule has 4 heteroatoms. The van der Waals surface area contributed by atoms with Crippen LogP contribution in [0.2, 0.25) is 0 Å². The maximum Gasteiger partial charge on any atom is 0.185 e. The molecular formula is C20H23N3S. The van der Waals surface area contributed by atoms with Crippen molar-refractivity contribution < 1.29 is 0 Å². The Morgan fingerprint density at radius 3 is 2.00 bits per heavy atom. The first-order valence-corrected chi connectivity index (χ1v) is 9.18. The van der Waals surface area contributed by atoms with Gasteiger partial charge in [-0.15, -0.1) is 0 Å². The van der Waals surface area contributed by atoms with E-state index >= 15 is 0 Å². The molecule has 2 aliphatic carbocycles. The van der Waals surface area contributed by atoms with E-state index in [9.17, 15) is 0 Å². The molecule has 2 aliphatic rings. The highest BCUT2D eigenvalue weighted by Crippen LogP contribution is 2.44. The van der Waals surface area contributed by atoms with Gasteiger partial charge in [0.15, 0.2) is 5.11 Å². The number of fused-ring (bicyclic) bond motifs is 2. The van der Waals surface area contributed by atoms with Gasteiger partial charge in [-0.05, 0) is 67.6 Å². The van der Waals surface area contributed by atoms with Crippen LogP contribution in [-0.4, -0.2) is 11.2 Å². The van der Waals surface area contributed by atoms with Crippen LogP contribution in [0.3, 0.4) is 0 Å². The number of benzene rings is 2. The molecule has 0 aromatic heterocycles. The lowest BCUT2D eigenvalue weighted by Gasteiger charge is -2.30. The molecule has 2 aromatic rings. The average Bonchev–Trinajstić information content (AvgIpc) is 3.24. The molecule has 0 saturated heterocycles. The Labute approximate surface area is 149 Å². The zero-order valence-electron chi connectivity index (χ0n) is 13.7. The third-order valence-corrected chi connectivity index (χ3v) is 5.51. The maximum atomic E-state index is 5.62. The van der Waals surface area contributed by atoms with E-state index < -0.39 is 0 Å². The average molecular weight is 337 g/mol. The number of anilines is 2. The summed E-state index contributed by atoms with van der Waals surface area (Å²) in [6, 6.07) is 21.1. The van der Waals surface area contributed by atoms with Crippen LogP contribution in [0.5, 0.6) is 0 Å². The fourth-order valence-corrected chi connectivity index (χ4v) is 4.40. The van der Waals surface area contributed by atoms with Crippen molar-refractivity contribution in [1.29, 1.82) is 0 Å². The van der Waals surface area contributed by atoms with Crippen LogP contribution in [0.1, 0.15) is 25.7 Å². The summed E-state index contributed by atoms with van der Waals surface area (Å²) in [4.78, 5) is 0. The van der Waals surface area contributed by atoms with E-state index in [-0.39, 0.29) is 0 Å². The zero-order valence-corrected chi connectivity index (χ0v) is 14.5. The third-order valence-electron chi connectivity index (χ3n) is 5.30. The number of hydrazine groups is 1. The molecule has 2 fully saturated rings. The smallest absolute Gasteiger partial charge is 0.185 e. The summed E-state index contributed by atoms with van der Waals surface area (Å²) in [5.74, 6) is 1.71. The van der Waals surface area contributed by atoms with Gasteiger partial charge >= 0.3 is 0 Å². The molecule has 24 heavy (non-hydrogen) atoms. The van der Waals surface area contributed by atoms with Crippen LogP contribution in [0.15, 0.2) is 60.7 Å². The summed E-state index contributed by atoms with van der Waals surface area (Å²) in [5.41, 5.74) is 5.53.